The Hall–Kier alpha value is -2.94. The van der Waals surface area contributed by atoms with Gasteiger partial charge < -0.3 is 0 Å². The van der Waals surface area contributed by atoms with Crippen molar-refractivity contribution in [3.05, 3.63) is 82.6 Å². The van der Waals surface area contributed by atoms with Gasteiger partial charge in [-0.15, -0.1) is 0 Å². The van der Waals surface area contributed by atoms with Crippen LogP contribution in [0.1, 0.15) is 5.56 Å². The predicted molar refractivity (Wildman–Crippen MR) is 86.7 cm³/mol. The van der Waals surface area contributed by atoms with E-state index >= 15 is 0 Å². The second kappa shape index (κ2) is 6.41. The molecule has 9 heteroatoms. The number of para-hydroxylation sites is 1. The molecule has 0 bridgehead atoms. The molecule has 3 aromatic rings. The topological polar surface area (TPSA) is 69.0 Å². The first kappa shape index (κ1) is 17.9. The molecule has 1 aromatic heterocycles. The predicted octanol–water partition coefficient (Wildman–Crippen LogP) is 3.08. The fraction of sp³-hybridized carbons (Fsp3) is 0.0588. The molecular formula is C17H11F3N2O3S. The lowest BCUT2D eigenvalue weighted by molar-refractivity contribution is -0.140. The third kappa shape index (κ3) is 3.25. The van der Waals surface area contributed by atoms with Crippen LogP contribution in [0.4, 0.5) is 13.2 Å². The number of alkyl halides is 3. The van der Waals surface area contributed by atoms with Gasteiger partial charge in [0.2, 0.25) is 9.84 Å². The Morgan fingerprint density at radius 3 is 1.96 bits per heavy atom. The van der Waals surface area contributed by atoms with Crippen LogP contribution in [0.15, 0.2) is 81.4 Å². The van der Waals surface area contributed by atoms with Gasteiger partial charge in [-0.2, -0.15) is 23.0 Å². The first-order valence-electron chi connectivity index (χ1n) is 7.28. The lowest BCUT2D eigenvalue weighted by atomic mass is 10.3. The highest BCUT2D eigenvalue weighted by atomic mass is 32.2. The normalized spacial score (nSPS) is 12.1. The van der Waals surface area contributed by atoms with Gasteiger partial charge in [0, 0.05) is 6.07 Å². The van der Waals surface area contributed by atoms with Crippen LogP contribution in [0.5, 0.6) is 0 Å². The second-order valence-electron chi connectivity index (χ2n) is 5.26. The maximum Gasteiger partial charge on any atom is 0.419 e. The van der Waals surface area contributed by atoms with E-state index in [9.17, 15) is 26.4 Å². The van der Waals surface area contributed by atoms with Crippen molar-refractivity contribution in [3.8, 4) is 5.69 Å². The number of aromatic nitrogens is 2. The van der Waals surface area contributed by atoms with Gasteiger partial charge in [-0.1, -0.05) is 36.4 Å². The minimum atomic E-state index is -5.06. The molecule has 0 N–H and O–H groups in total. The Balaban J connectivity index is 2.34. The zero-order valence-corrected chi connectivity index (χ0v) is 13.8. The van der Waals surface area contributed by atoms with E-state index in [0.29, 0.717) is 4.68 Å². The third-order valence-electron chi connectivity index (χ3n) is 3.51. The first-order chi connectivity index (χ1) is 12.2. The highest BCUT2D eigenvalue weighted by molar-refractivity contribution is 7.91. The first-order valence-corrected chi connectivity index (χ1v) is 8.77. The average Bonchev–Trinajstić information content (AvgIpc) is 2.62. The van der Waals surface area contributed by atoms with E-state index in [0.717, 1.165) is 12.1 Å². The molecule has 3 rings (SSSR count). The van der Waals surface area contributed by atoms with Gasteiger partial charge in [-0.05, 0) is 24.3 Å². The fourth-order valence-corrected chi connectivity index (χ4v) is 3.70. The van der Waals surface area contributed by atoms with Crippen molar-refractivity contribution in [2.24, 2.45) is 0 Å². The van der Waals surface area contributed by atoms with Crippen molar-refractivity contribution < 1.29 is 21.6 Å². The summed E-state index contributed by atoms with van der Waals surface area (Å²) in [4.78, 5) is 11.8. The Bertz CT molecular complexity index is 1090. The Kier molecular flexibility index (Phi) is 4.41. The van der Waals surface area contributed by atoms with Crippen LogP contribution in [0, 0.1) is 0 Å². The lowest BCUT2D eigenvalue weighted by Gasteiger charge is -2.14. The second-order valence-corrected chi connectivity index (χ2v) is 7.13. The molecule has 0 unspecified atom stereocenters. The molecule has 0 amide bonds. The molecule has 1 heterocycles. The summed E-state index contributed by atoms with van der Waals surface area (Å²) in [5.41, 5.74) is -2.54. The van der Waals surface area contributed by atoms with E-state index in [1.54, 1.807) is 18.2 Å². The maximum atomic E-state index is 13.4. The van der Waals surface area contributed by atoms with Crippen LogP contribution in [0.3, 0.4) is 0 Å². The fourth-order valence-electron chi connectivity index (χ4n) is 2.31. The Morgan fingerprint density at radius 2 is 1.42 bits per heavy atom. The van der Waals surface area contributed by atoms with Gasteiger partial charge in [-0.3, -0.25) is 4.79 Å². The minimum absolute atomic E-state index is 0.149. The van der Waals surface area contributed by atoms with Gasteiger partial charge in [0.15, 0.2) is 5.03 Å². The number of halogens is 3. The zero-order chi connectivity index (χ0) is 18.9. The summed E-state index contributed by atoms with van der Waals surface area (Å²) in [6, 6.07) is 14.5. The van der Waals surface area contributed by atoms with Gasteiger partial charge in [0.05, 0.1) is 10.6 Å². The standard InChI is InChI=1S/C17H11F3N2O3S/c18-17(19,20)14-11-15(23)22(12-7-3-1-4-8-12)21-16(14)26(24,25)13-9-5-2-6-10-13/h1-11H. The number of hydrogen-bond donors (Lipinski definition) is 0. The number of benzene rings is 2. The molecule has 0 saturated carbocycles. The van der Waals surface area contributed by atoms with Crippen molar-refractivity contribution in [2.75, 3.05) is 0 Å². The van der Waals surface area contributed by atoms with Gasteiger partial charge in [0.1, 0.15) is 5.56 Å². The summed E-state index contributed by atoms with van der Waals surface area (Å²) in [5.74, 6) is 0. The van der Waals surface area contributed by atoms with E-state index in [1.165, 1.54) is 30.3 Å². The summed E-state index contributed by atoms with van der Waals surface area (Å²) >= 11 is 0. The van der Waals surface area contributed by atoms with Crippen molar-refractivity contribution in [1.29, 1.82) is 0 Å². The molecular weight excluding hydrogens is 369 g/mol. The summed E-state index contributed by atoms with van der Waals surface area (Å²) < 4.78 is 66.1. The lowest BCUT2D eigenvalue weighted by Crippen LogP contribution is -2.28. The largest absolute Gasteiger partial charge is 0.419 e. The van der Waals surface area contributed by atoms with Crippen LogP contribution in [-0.2, 0) is 16.0 Å². The molecule has 0 aliphatic carbocycles. The number of hydrogen-bond acceptors (Lipinski definition) is 4. The van der Waals surface area contributed by atoms with E-state index < -0.39 is 32.2 Å². The van der Waals surface area contributed by atoms with Crippen LogP contribution in [0.2, 0.25) is 0 Å². The van der Waals surface area contributed by atoms with E-state index in [2.05, 4.69) is 5.10 Å². The molecule has 0 radical (unpaired) electrons. The number of rotatable bonds is 3. The molecule has 2 aromatic carbocycles. The van der Waals surface area contributed by atoms with E-state index in [1.807, 2.05) is 0 Å². The number of sulfone groups is 1. The smallest absolute Gasteiger partial charge is 0.267 e. The minimum Gasteiger partial charge on any atom is -0.267 e. The van der Waals surface area contributed by atoms with Crippen molar-refractivity contribution >= 4 is 9.84 Å². The third-order valence-corrected chi connectivity index (χ3v) is 5.22. The van der Waals surface area contributed by atoms with Crippen LogP contribution in [0.25, 0.3) is 5.69 Å². The van der Waals surface area contributed by atoms with Crippen LogP contribution < -0.4 is 5.56 Å². The average molecular weight is 380 g/mol. The molecule has 0 aliphatic rings. The van der Waals surface area contributed by atoms with Crippen LogP contribution >= 0.6 is 0 Å². The summed E-state index contributed by atoms with van der Waals surface area (Å²) in [6.45, 7) is 0. The van der Waals surface area contributed by atoms with Crippen molar-refractivity contribution in [3.63, 3.8) is 0 Å². The van der Waals surface area contributed by atoms with Gasteiger partial charge >= 0.3 is 6.18 Å². The molecule has 134 valence electrons. The SMILES string of the molecule is O=c1cc(C(F)(F)F)c(S(=O)(=O)c2ccccc2)nn1-c1ccccc1. The zero-order valence-electron chi connectivity index (χ0n) is 13.0. The van der Waals surface area contributed by atoms with Crippen molar-refractivity contribution in [2.45, 2.75) is 16.1 Å². The Morgan fingerprint density at radius 1 is 0.885 bits per heavy atom. The van der Waals surface area contributed by atoms with E-state index in [-0.39, 0.29) is 16.6 Å². The van der Waals surface area contributed by atoms with Crippen LogP contribution in [-0.4, -0.2) is 18.2 Å². The highest BCUT2D eigenvalue weighted by Gasteiger charge is 2.40. The Labute approximate surface area is 146 Å². The molecule has 0 saturated heterocycles. The molecule has 0 aliphatic heterocycles. The molecule has 0 fully saturated rings. The highest BCUT2D eigenvalue weighted by Crippen LogP contribution is 2.34. The van der Waals surface area contributed by atoms with Crippen molar-refractivity contribution in [1.82, 2.24) is 9.78 Å². The quantitative estimate of drug-likeness (QED) is 0.700. The molecule has 5 nitrogen and oxygen atoms in total. The summed E-state index contributed by atoms with van der Waals surface area (Å²) in [6.07, 6.45) is -5.06. The monoisotopic (exact) mass is 380 g/mol. The maximum absolute atomic E-state index is 13.4. The molecule has 26 heavy (non-hydrogen) atoms. The van der Waals surface area contributed by atoms with E-state index in [4.69, 9.17) is 0 Å². The summed E-state index contributed by atoms with van der Waals surface area (Å²) in [5, 5.41) is 2.33. The summed E-state index contributed by atoms with van der Waals surface area (Å²) in [7, 11) is -4.59. The van der Waals surface area contributed by atoms with Gasteiger partial charge in [0.25, 0.3) is 5.56 Å². The molecule has 0 spiro atoms. The molecule has 0 atom stereocenters. The number of nitrogens with zero attached hydrogens (tertiary/aromatic N) is 2. The van der Waals surface area contributed by atoms with Gasteiger partial charge in [-0.25, -0.2) is 8.42 Å².